The number of nitrogens with zero attached hydrogens (tertiary/aromatic N) is 3. The Kier molecular flexibility index (Phi) is 9.42. The molecule has 0 aliphatic carbocycles. The number of halogens is 1. The molecule has 31 heavy (non-hydrogen) atoms. The van der Waals surface area contributed by atoms with Crippen molar-refractivity contribution < 1.29 is 4.74 Å². The van der Waals surface area contributed by atoms with E-state index in [9.17, 15) is 0 Å². The van der Waals surface area contributed by atoms with Crippen molar-refractivity contribution in [1.29, 1.82) is 0 Å². The quantitative estimate of drug-likeness (QED) is 0.339. The molecule has 7 heteroatoms. The highest BCUT2D eigenvalue weighted by Gasteiger charge is 2.23. The van der Waals surface area contributed by atoms with Gasteiger partial charge in [0.1, 0.15) is 0 Å². The molecule has 2 aromatic carbocycles. The van der Waals surface area contributed by atoms with Crippen LogP contribution in [-0.4, -0.2) is 63.3 Å². The molecule has 2 fully saturated rings. The van der Waals surface area contributed by atoms with Crippen LogP contribution in [0.2, 0.25) is 0 Å². The normalized spacial score (nSPS) is 19.7. The van der Waals surface area contributed by atoms with Crippen LogP contribution in [0, 0.1) is 0 Å². The molecule has 1 atom stereocenters. The maximum absolute atomic E-state index is 5.45. The van der Waals surface area contributed by atoms with Crippen molar-refractivity contribution in [3.63, 3.8) is 0 Å². The summed E-state index contributed by atoms with van der Waals surface area (Å²) in [4.78, 5) is 9.32. The molecular weight excluding hydrogens is 501 g/mol. The third-order valence-electron chi connectivity index (χ3n) is 5.84. The number of para-hydroxylation sites is 1. The molecule has 2 saturated heterocycles. The van der Waals surface area contributed by atoms with Crippen LogP contribution in [0.5, 0.6) is 0 Å². The summed E-state index contributed by atoms with van der Waals surface area (Å²) in [6.45, 7) is 7.54. The highest BCUT2D eigenvalue weighted by Crippen LogP contribution is 2.19. The first-order chi connectivity index (χ1) is 14.8. The molecule has 2 aromatic rings. The first-order valence-electron chi connectivity index (χ1n) is 11.0. The molecule has 0 saturated carbocycles. The molecule has 2 aliphatic rings. The van der Waals surface area contributed by atoms with Crippen LogP contribution < -0.4 is 15.5 Å². The number of rotatable bonds is 6. The summed E-state index contributed by atoms with van der Waals surface area (Å²) in [6, 6.07) is 19.9. The Balaban J connectivity index is 0.00000272. The second-order valence-electron chi connectivity index (χ2n) is 8.05. The fourth-order valence-electron chi connectivity index (χ4n) is 4.18. The molecule has 168 valence electrons. The number of guanidine groups is 1. The van der Waals surface area contributed by atoms with Gasteiger partial charge in [-0.25, -0.2) is 0 Å². The standard InChI is InChI=1S/C24H33N5O.HI/c1-25-24(27-22-10-11-29(19-22)23-8-3-2-4-9-23)26-17-20-6-5-7-21(16-20)18-28-12-14-30-15-13-28;/h2-9,16,22H,10-15,17-19H2,1H3,(H2,25,26,27);1H. The third kappa shape index (κ3) is 7.08. The Morgan fingerprint density at radius 2 is 1.81 bits per heavy atom. The lowest BCUT2D eigenvalue weighted by molar-refractivity contribution is 0.0342. The van der Waals surface area contributed by atoms with Crippen molar-refractivity contribution in [3.8, 4) is 0 Å². The summed E-state index contributed by atoms with van der Waals surface area (Å²) in [5.74, 6) is 0.869. The topological polar surface area (TPSA) is 52.1 Å². The highest BCUT2D eigenvalue weighted by atomic mass is 127. The minimum atomic E-state index is 0. The van der Waals surface area contributed by atoms with Crippen molar-refractivity contribution in [2.45, 2.75) is 25.6 Å². The molecule has 2 heterocycles. The lowest BCUT2D eigenvalue weighted by Gasteiger charge is -2.26. The second-order valence-corrected chi connectivity index (χ2v) is 8.05. The fraction of sp³-hybridized carbons (Fsp3) is 0.458. The Bertz CT molecular complexity index is 826. The zero-order valence-electron chi connectivity index (χ0n) is 18.3. The number of anilines is 1. The van der Waals surface area contributed by atoms with Gasteiger partial charge in [0.05, 0.1) is 13.2 Å². The summed E-state index contributed by atoms with van der Waals surface area (Å²) in [5.41, 5.74) is 3.93. The van der Waals surface area contributed by atoms with Crippen LogP contribution in [-0.2, 0) is 17.8 Å². The third-order valence-corrected chi connectivity index (χ3v) is 5.84. The van der Waals surface area contributed by atoms with Crippen molar-refractivity contribution >= 4 is 35.6 Å². The Morgan fingerprint density at radius 1 is 1.03 bits per heavy atom. The molecule has 2 aliphatic heterocycles. The monoisotopic (exact) mass is 535 g/mol. The molecule has 1 unspecified atom stereocenters. The van der Waals surface area contributed by atoms with E-state index in [-0.39, 0.29) is 24.0 Å². The highest BCUT2D eigenvalue weighted by molar-refractivity contribution is 14.0. The van der Waals surface area contributed by atoms with Crippen LogP contribution >= 0.6 is 24.0 Å². The van der Waals surface area contributed by atoms with Gasteiger partial charge in [0.25, 0.3) is 0 Å². The van der Waals surface area contributed by atoms with Crippen LogP contribution in [0.1, 0.15) is 17.5 Å². The average molecular weight is 535 g/mol. The molecule has 0 aromatic heterocycles. The van der Waals surface area contributed by atoms with Gasteiger partial charge in [0.15, 0.2) is 5.96 Å². The number of aliphatic imine (C=N–C) groups is 1. The van der Waals surface area contributed by atoms with Crippen LogP contribution in [0.3, 0.4) is 0 Å². The molecule has 0 spiro atoms. The van der Waals surface area contributed by atoms with Gasteiger partial charge in [-0.15, -0.1) is 24.0 Å². The zero-order chi connectivity index (χ0) is 20.6. The number of ether oxygens (including phenoxy) is 1. The predicted octanol–water partition coefficient (Wildman–Crippen LogP) is 3.08. The molecule has 2 N–H and O–H groups in total. The maximum Gasteiger partial charge on any atom is 0.191 e. The molecule has 0 amide bonds. The van der Waals surface area contributed by atoms with Gasteiger partial charge in [0, 0.05) is 58.0 Å². The number of morpholine rings is 1. The largest absolute Gasteiger partial charge is 0.379 e. The first kappa shape index (κ1) is 23.8. The number of hydrogen-bond donors (Lipinski definition) is 2. The van der Waals surface area contributed by atoms with Gasteiger partial charge in [-0.1, -0.05) is 42.5 Å². The minimum absolute atomic E-state index is 0. The number of nitrogens with one attached hydrogen (secondary N) is 2. The second kappa shape index (κ2) is 12.3. The van der Waals surface area contributed by atoms with E-state index >= 15 is 0 Å². The average Bonchev–Trinajstić information content (AvgIpc) is 3.27. The predicted molar refractivity (Wildman–Crippen MR) is 138 cm³/mol. The van der Waals surface area contributed by atoms with E-state index in [0.29, 0.717) is 6.04 Å². The van der Waals surface area contributed by atoms with Gasteiger partial charge < -0.3 is 20.3 Å². The van der Waals surface area contributed by atoms with Crippen molar-refractivity contribution in [3.05, 3.63) is 65.7 Å². The number of hydrogen-bond acceptors (Lipinski definition) is 4. The lowest BCUT2D eigenvalue weighted by Crippen LogP contribution is -2.44. The number of benzene rings is 2. The molecule has 0 radical (unpaired) electrons. The summed E-state index contributed by atoms with van der Waals surface area (Å²) in [6.07, 6.45) is 1.12. The molecule has 4 rings (SSSR count). The fourth-order valence-corrected chi connectivity index (χ4v) is 4.18. The molecule has 6 nitrogen and oxygen atoms in total. The lowest BCUT2D eigenvalue weighted by atomic mass is 10.1. The van der Waals surface area contributed by atoms with Crippen molar-refractivity contribution in [1.82, 2.24) is 15.5 Å². The van der Waals surface area contributed by atoms with E-state index < -0.39 is 0 Å². The van der Waals surface area contributed by atoms with E-state index in [1.807, 2.05) is 7.05 Å². The maximum atomic E-state index is 5.45. The smallest absolute Gasteiger partial charge is 0.191 e. The van der Waals surface area contributed by atoms with Gasteiger partial charge in [-0.2, -0.15) is 0 Å². The van der Waals surface area contributed by atoms with Crippen molar-refractivity contribution in [2.75, 3.05) is 51.3 Å². The summed E-state index contributed by atoms with van der Waals surface area (Å²) >= 11 is 0. The molecular formula is C24H34IN5O. The summed E-state index contributed by atoms with van der Waals surface area (Å²) in [5, 5.41) is 7.08. The minimum Gasteiger partial charge on any atom is -0.379 e. The van der Waals surface area contributed by atoms with E-state index in [0.717, 1.165) is 64.9 Å². The van der Waals surface area contributed by atoms with E-state index in [1.165, 1.54) is 16.8 Å². The Morgan fingerprint density at radius 3 is 2.58 bits per heavy atom. The summed E-state index contributed by atoms with van der Waals surface area (Å²) < 4.78 is 5.45. The zero-order valence-corrected chi connectivity index (χ0v) is 20.6. The first-order valence-corrected chi connectivity index (χ1v) is 11.0. The van der Waals surface area contributed by atoms with E-state index in [2.05, 4.69) is 80.0 Å². The molecule has 0 bridgehead atoms. The van der Waals surface area contributed by atoms with Crippen LogP contribution in [0.15, 0.2) is 59.6 Å². The van der Waals surface area contributed by atoms with Crippen molar-refractivity contribution in [2.24, 2.45) is 4.99 Å². The van der Waals surface area contributed by atoms with Crippen LogP contribution in [0.25, 0.3) is 0 Å². The van der Waals surface area contributed by atoms with E-state index in [4.69, 9.17) is 4.74 Å². The van der Waals surface area contributed by atoms with Gasteiger partial charge in [0.2, 0.25) is 0 Å². The van der Waals surface area contributed by atoms with E-state index in [1.54, 1.807) is 0 Å². The van der Waals surface area contributed by atoms with Gasteiger partial charge in [-0.05, 0) is 29.7 Å². The Hall–Kier alpha value is -1.84. The SMILES string of the molecule is CN=C(NCc1cccc(CN2CCOCC2)c1)NC1CCN(c2ccccc2)C1.I. The van der Waals surface area contributed by atoms with Gasteiger partial charge in [-0.3, -0.25) is 9.89 Å². The van der Waals surface area contributed by atoms with Gasteiger partial charge >= 0.3 is 0 Å². The Labute approximate surface area is 203 Å². The summed E-state index contributed by atoms with van der Waals surface area (Å²) in [7, 11) is 1.84. The van der Waals surface area contributed by atoms with Crippen LogP contribution in [0.4, 0.5) is 5.69 Å².